The van der Waals surface area contributed by atoms with Gasteiger partial charge in [-0.15, -0.1) is 0 Å². The van der Waals surface area contributed by atoms with Crippen LogP contribution in [0, 0.1) is 0 Å². The molecule has 0 amide bonds. The lowest BCUT2D eigenvalue weighted by molar-refractivity contribution is -0.137. The number of halogens is 3. The van der Waals surface area contributed by atoms with Gasteiger partial charge in [0.2, 0.25) is 0 Å². The maximum Gasteiger partial charge on any atom is 0.416 e. The Morgan fingerprint density at radius 1 is 1.11 bits per heavy atom. The second-order valence-corrected chi connectivity index (χ2v) is 11.0. The maximum absolute atomic E-state index is 13.3. The van der Waals surface area contributed by atoms with Gasteiger partial charge >= 0.3 is 12.1 Å². The minimum Gasteiger partial charge on any atom is -0.478 e. The van der Waals surface area contributed by atoms with Crippen molar-refractivity contribution in [2.45, 2.75) is 65.0 Å². The van der Waals surface area contributed by atoms with E-state index in [-0.39, 0.29) is 16.9 Å². The number of hydrogen-bond donors (Lipinski definition) is 2. The van der Waals surface area contributed by atoms with Crippen molar-refractivity contribution in [1.29, 1.82) is 0 Å². The zero-order valence-corrected chi connectivity index (χ0v) is 17.9. The van der Waals surface area contributed by atoms with Gasteiger partial charge < -0.3 is 10.4 Å². The number of rotatable bonds is 5. The highest BCUT2D eigenvalue weighted by atomic mass is 31.1. The smallest absolute Gasteiger partial charge is 0.416 e. The zero-order valence-electron chi connectivity index (χ0n) is 17.0. The van der Waals surface area contributed by atoms with E-state index < -0.39 is 31.5 Å². The molecule has 1 aliphatic heterocycles. The standard InChI is InChI=1S/C21H27F3NO2P/c1-11(2)28(12(3)4)19-14(6)25-13(5)17(20(26)27)18(19)15-8-7-9-16(10-15)21(22,23)24/h7-12,18,25H,1-6H3,(H,26,27). The number of aliphatic carboxylic acids is 1. The first-order valence-electron chi connectivity index (χ1n) is 9.23. The molecule has 0 fully saturated rings. The summed E-state index contributed by atoms with van der Waals surface area (Å²) >= 11 is 0. The quantitative estimate of drug-likeness (QED) is 0.559. The van der Waals surface area contributed by atoms with Crippen LogP contribution < -0.4 is 5.32 Å². The molecule has 1 atom stereocenters. The molecule has 1 unspecified atom stereocenters. The molecule has 0 aliphatic carbocycles. The zero-order chi connectivity index (χ0) is 21.4. The van der Waals surface area contributed by atoms with Crippen LogP contribution in [0.5, 0.6) is 0 Å². The number of alkyl halides is 3. The third-order valence-corrected chi connectivity index (χ3v) is 8.27. The van der Waals surface area contributed by atoms with E-state index in [1.807, 2.05) is 6.92 Å². The van der Waals surface area contributed by atoms with Gasteiger partial charge in [-0.1, -0.05) is 53.8 Å². The number of nitrogens with one attached hydrogen (secondary N) is 1. The number of carboxylic acids is 1. The molecule has 1 heterocycles. The van der Waals surface area contributed by atoms with Crippen LogP contribution in [0.1, 0.15) is 58.6 Å². The minimum atomic E-state index is -4.48. The molecular formula is C21H27F3NO2P. The molecule has 0 saturated carbocycles. The maximum atomic E-state index is 13.3. The molecule has 2 N–H and O–H groups in total. The predicted molar refractivity (Wildman–Crippen MR) is 108 cm³/mol. The number of allylic oxidation sites excluding steroid dienone is 3. The third kappa shape index (κ3) is 4.43. The van der Waals surface area contributed by atoms with Gasteiger partial charge in [-0.3, -0.25) is 0 Å². The van der Waals surface area contributed by atoms with Crippen molar-refractivity contribution < 1.29 is 23.1 Å². The Hall–Kier alpha value is -1.81. The SMILES string of the molecule is CC1=C(C(=O)O)C(c2cccc(C(F)(F)F)c2)C(P(C(C)C)C(C)C)=C(C)N1. The Balaban J connectivity index is 2.77. The fourth-order valence-corrected chi connectivity index (χ4v) is 7.31. The monoisotopic (exact) mass is 413 g/mol. The fraction of sp³-hybridized carbons (Fsp3) is 0.476. The summed E-state index contributed by atoms with van der Waals surface area (Å²) < 4.78 is 39.9. The lowest BCUT2D eigenvalue weighted by Gasteiger charge is -2.39. The summed E-state index contributed by atoms with van der Waals surface area (Å²) in [5.41, 5.74) is 1.58. The molecule has 1 aliphatic rings. The minimum absolute atomic E-state index is 0.119. The molecule has 154 valence electrons. The van der Waals surface area contributed by atoms with Gasteiger partial charge in [0, 0.05) is 17.3 Å². The molecule has 0 bridgehead atoms. The van der Waals surface area contributed by atoms with Crippen LogP contribution in [0.2, 0.25) is 0 Å². The van der Waals surface area contributed by atoms with Gasteiger partial charge in [-0.2, -0.15) is 13.2 Å². The van der Waals surface area contributed by atoms with Crippen LogP contribution in [0.4, 0.5) is 13.2 Å². The van der Waals surface area contributed by atoms with Crippen LogP contribution >= 0.6 is 7.92 Å². The second-order valence-electron chi connectivity index (χ2n) is 7.63. The Bertz CT molecular complexity index is 817. The van der Waals surface area contributed by atoms with E-state index in [9.17, 15) is 23.1 Å². The first kappa shape index (κ1) is 22.5. The topological polar surface area (TPSA) is 49.3 Å². The molecule has 1 aromatic rings. The predicted octanol–water partition coefficient (Wildman–Crippen LogP) is 6.28. The first-order chi connectivity index (χ1) is 12.9. The summed E-state index contributed by atoms with van der Waals surface area (Å²) in [7, 11) is -0.769. The Morgan fingerprint density at radius 3 is 2.14 bits per heavy atom. The van der Waals surface area contributed by atoms with Gasteiger partial charge in [-0.05, 0) is 42.1 Å². The first-order valence-corrected chi connectivity index (χ1v) is 10.7. The van der Waals surface area contributed by atoms with Crippen molar-refractivity contribution >= 4 is 13.9 Å². The summed E-state index contributed by atoms with van der Waals surface area (Å²) in [5.74, 6) is -1.81. The molecule has 0 radical (unpaired) electrons. The summed E-state index contributed by atoms with van der Waals surface area (Å²) in [6.45, 7) is 11.9. The van der Waals surface area contributed by atoms with Gasteiger partial charge in [0.15, 0.2) is 0 Å². The van der Waals surface area contributed by atoms with E-state index in [0.717, 1.165) is 23.1 Å². The van der Waals surface area contributed by atoms with Crippen molar-refractivity contribution in [2.75, 3.05) is 0 Å². The summed E-state index contributed by atoms with van der Waals surface area (Å²) in [4.78, 5) is 12.1. The Labute approximate surface area is 165 Å². The molecule has 3 nitrogen and oxygen atoms in total. The molecule has 0 aromatic heterocycles. The van der Waals surface area contributed by atoms with Crippen molar-refractivity contribution in [1.82, 2.24) is 5.32 Å². The average Bonchev–Trinajstić information content (AvgIpc) is 2.55. The van der Waals surface area contributed by atoms with Crippen molar-refractivity contribution in [3.8, 4) is 0 Å². The second kappa shape index (κ2) is 8.28. The Morgan fingerprint density at radius 2 is 1.68 bits per heavy atom. The highest BCUT2D eigenvalue weighted by Gasteiger charge is 2.39. The van der Waals surface area contributed by atoms with Crippen LogP contribution in [0.3, 0.4) is 0 Å². The molecule has 28 heavy (non-hydrogen) atoms. The van der Waals surface area contributed by atoms with E-state index in [0.29, 0.717) is 11.3 Å². The lowest BCUT2D eigenvalue weighted by Crippen LogP contribution is -2.29. The van der Waals surface area contributed by atoms with Gasteiger partial charge in [0.25, 0.3) is 0 Å². The van der Waals surface area contributed by atoms with Crippen molar-refractivity contribution in [3.05, 3.63) is 57.7 Å². The highest BCUT2D eigenvalue weighted by molar-refractivity contribution is 7.63. The van der Waals surface area contributed by atoms with Crippen LogP contribution in [-0.2, 0) is 11.0 Å². The van der Waals surface area contributed by atoms with Gasteiger partial charge in [0.1, 0.15) is 0 Å². The molecular weight excluding hydrogens is 386 g/mol. The summed E-state index contributed by atoms with van der Waals surface area (Å²) in [6, 6.07) is 5.07. The molecule has 1 aromatic carbocycles. The largest absolute Gasteiger partial charge is 0.478 e. The van der Waals surface area contributed by atoms with Crippen LogP contribution in [0.15, 0.2) is 46.5 Å². The van der Waals surface area contributed by atoms with E-state index in [1.54, 1.807) is 13.0 Å². The summed E-state index contributed by atoms with van der Waals surface area (Å²) in [5, 5.41) is 14.0. The van der Waals surface area contributed by atoms with E-state index in [2.05, 4.69) is 33.0 Å². The lowest BCUT2D eigenvalue weighted by atomic mass is 9.85. The van der Waals surface area contributed by atoms with Crippen LogP contribution in [-0.4, -0.2) is 22.4 Å². The highest BCUT2D eigenvalue weighted by Crippen LogP contribution is 2.61. The van der Waals surface area contributed by atoms with Crippen molar-refractivity contribution in [3.63, 3.8) is 0 Å². The molecule has 2 rings (SSSR count). The number of benzene rings is 1. The number of carboxylic acid groups (broad SMARTS) is 1. The summed E-state index contributed by atoms with van der Waals surface area (Å²) in [6.07, 6.45) is -4.48. The number of carbonyl (C=O) groups is 1. The third-order valence-electron chi connectivity index (χ3n) is 4.89. The van der Waals surface area contributed by atoms with Gasteiger partial charge in [0.05, 0.1) is 11.1 Å². The Kier molecular flexibility index (Phi) is 6.65. The average molecular weight is 413 g/mol. The van der Waals surface area contributed by atoms with E-state index in [4.69, 9.17) is 0 Å². The fourth-order valence-electron chi connectivity index (χ4n) is 3.98. The molecule has 7 heteroatoms. The van der Waals surface area contributed by atoms with Crippen molar-refractivity contribution in [2.24, 2.45) is 0 Å². The van der Waals surface area contributed by atoms with Gasteiger partial charge in [-0.25, -0.2) is 4.79 Å². The van der Waals surface area contributed by atoms with Crippen LogP contribution in [0.25, 0.3) is 0 Å². The number of hydrogen-bond acceptors (Lipinski definition) is 2. The molecule has 0 spiro atoms. The van der Waals surface area contributed by atoms with E-state index >= 15 is 0 Å². The normalized spacial score (nSPS) is 18.4. The van der Waals surface area contributed by atoms with E-state index in [1.165, 1.54) is 6.07 Å². The number of dihydropyridines is 1. The molecule has 0 saturated heterocycles.